The third-order valence-corrected chi connectivity index (χ3v) is 9.89. The van der Waals surface area contributed by atoms with Crippen LogP contribution in [0.4, 0.5) is 32.0 Å². The van der Waals surface area contributed by atoms with Crippen molar-refractivity contribution >= 4 is 46.0 Å². The molecule has 1 fully saturated rings. The smallest absolute Gasteiger partial charge is 0.247 e. The zero-order valence-electron chi connectivity index (χ0n) is 20.8. The lowest BCUT2D eigenvalue weighted by Crippen LogP contribution is -2.14. The second kappa shape index (κ2) is 13.5. The maximum absolute atomic E-state index is 13.4. The van der Waals surface area contributed by atoms with Crippen LogP contribution in [-0.2, 0) is 12.4 Å². The first kappa shape index (κ1) is 29.9. The molecule has 0 bridgehead atoms. The van der Waals surface area contributed by atoms with Crippen molar-refractivity contribution in [2.24, 2.45) is 4.99 Å². The topological polar surface area (TPSA) is 12.4 Å². The van der Waals surface area contributed by atoms with E-state index in [-0.39, 0.29) is 0 Å². The van der Waals surface area contributed by atoms with Crippen LogP contribution in [0.3, 0.4) is 0 Å². The zero-order chi connectivity index (χ0) is 27.9. The molecular weight excluding hydrogens is 573 g/mol. The van der Waals surface area contributed by atoms with Gasteiger partial charge >= 0.3 is 12.4 Å². The summed E-state index contributed by atoms with van der Waals surface area (Å²) in [6.07, 6.45) is -3.00. The van der Waals surface area contributed by atoms with E-state index < -0.39 is 28.1 Å². The van der Waals surface area contributed by atoms with Gasteiger partial charge in [-0.2, -0.15) is 26.3 Å². The summed E-state index contributed by atoms with van der Waals surface area (Å²) in [4.78, 5) is 5.68. The number of hydrogen-bond donors (Lipinski definition) is 0. The van der Waals surface area contributed by atoms with Crippen molar-refractivity contribution in [3.05, 3.63) is 90.0 Å². The minimum absolute atomic E-state index is 0.387. The Kier molecular flexibility index (Phi) is 10.4. The predicted molar refractivity (Wildman–Crippen MR) is 151 cm³/mol. The van der Waals surface area contributed by atoms with E-state index in [1.165, 1.54) is 42.1 Å². The van der Waals surface area contributed by atoms with Crippen LogP contribution in [0, 0.1) is 0 Å². The van der Waals surface area contributed by atoms with E-state index in [9.17, 15) is 26.3 Å². The minimum Gasteiger partial charge on any atom is -0.247 e. The molecule has 10 heteroatoms. The predicted octanol–water partition coefficient (Wildman–Crippen LogP) is 11.1. The molecule has 1 aliphatic rings. The molecule has 0 aliphatic heterocycles. The van der Waals surface area contributed by atoms with Crippen molar-refractivity contribution in [2.45, 2.75) is 70.5 Å². The van der Waals surface area contributed by atoms with E-state index >= 15 is 0 Å². The van der Waals surface area contributed by atoms with Crippen LogP contribution in [0.1, 0.15) is 49.7 Å². The lowest BCUT2D eigenvalue weighted by atomic mass is 10.0. The fourth-order valence-corrected chi connectivity index (χ4v) is 8.43. The van der Waals surface area contributed by atoms with Gasteiger partial charge in [0, 0.05) is 21.5 Å². The highest BCUT2D eigenvalue weighted by Gasteiger charge is 2.32. The number of rotatable bonds is 8. The molecule has 0 saturated heterocycles. The molecular formula is C29H27F6NS3. The van der Waals surface area contributed by atoms with Crippen molar-refractivity contribution < 1.29 is 26.3 Å². The maximum atomic E-state index is 13.4. The largest absolute Gasteiger partial charge is 0.416 e. The lowest BCUT2D eigenvalue weighted by Gasteiger charge is -2.24. The van der Waals surface area contributed by atoms with Gasteiger partial charge in [-0.05, 0) is 61.4 Å². The first-order valence-corrected chi connectivity index (χ1v) is 15.2. The molecule has 0 spiro atoms. The number of benzene rings is 3. The molecule has 0 radical (unpaired) electrons. The summed E-state index contributed by atoms with van der Waals surface area (Å²) >= 11 is 4.12. The normalized spacial score (nSPS) is 15.6. The minimum atomic E-state index is -4.49. The second-order valence-corrected chi connectivity index (χ2v) is 13.4. The van der Waals surface area contributed by atoms with E-state index in [0.29, 0.717) is 21.5 Å². The van der Waals surface area contributed by atoms with Crippen molar-refractivity contribution in [2.75, 3.05) is 0 Å². The quantitative estimate of drug-likeness (QED) is 0.0840. The average molecular weight is 600 g/mol. The van der Waals surface area contributed by atoms with E-state index in [2.05, 4.69) is 0 Å². The number of nitrogens with zero attached hydrogens (tertiary/aromatic N) is 1. The van der Waals surface area contributed by atoms with Crippen molar-refractivity contribution in [3.8, 4) is 0 Å². The third kappa shape index (κ3) is 9.53. The first-order valence-electron chi connectivity index (χ1n) is 12.5. The van der Waals surface area contributed by atoms with Gasteiger partial charge < -0.3 is 0 Å². The van der Waals surface area contributed by atoms with Crippen molar-refractivity contribution in [1.82, 2.24) is 0 Å². The molecule has 1 saturated carbocycles. The molecule has 0 aromatic heterocycles. The van der Waals surface area contributed by atoms with Gasteiger partial charge in [-0.1, -0.05) is 49.6 Å². The van der Waals surface area contributed by atoms with Crippen LogP contribution in [0.2, 0.25) is 0 Å². The summed E-state index contributed by atoms with van der Waals surface area (Å²) < 4.78 is 79.9. The highest BCUT2D eigenvalue weighted by molar-refractivity contribution is 8.18. The molecule has 0 unspecified atom stereocenters. The SMILES string of the molecule is FC(F)(F)c1cccc(SC(CC(=Nc2ccccc2)SC2CCCCC2)Sc2cccc(C(F)(F)F)c2)c1. The molecule has 39 heavy (non-hydrogen) atoms. The Bertz CT molecular complexity index is 1180. The van der Waals surface area contributed by atoms with Gasteiger partial charge in [-0.25, -0.2) is 4.99 Å². The van der Waals surface area contributed by atoms with Gasteiger partial charge in [0.25, 0.3) is 0 Å². The summed E-state index contributed by atoms with van der Waals surface area (Å²) in [5, 5.41) is 1.22. The van der Waals surface area contributed by atoms with Crippen LogP contribution >= 0.6 is 35.3 Å². The fourth-order valence-electron chi connectivity index (χ4n) is 4.19. The standard InChI is InChI=1S/C29H27F6NS3/c30-28(31,32)20-9-7-15-24(17-20)38-27(39-25-16-8-10-21(18-25)29(33,34)35)19-26(36-22-11-3-1-4-12-22)37-23-13-5-2-6-14-23/h1,3-4,7-12,15-18,23,27H,2,5-6,13-14,19H2. The highest BCUT2D eigenvalue weighted by Crippen LogP contribution is 2.43. The number of aliphatic imine (C=N–C) groups is 1. The van der Waals surface area contributed by atoms with Crippen LogP contribution in [-0.4, -0.2) is 14.9 Å². The first-order chi connectivity index (χ1) is 18.6. The fraction of sp³-hybridized carbons (Fsp3) is 0.345. The summed E-state index contributed by atoms with van der Waals surface area (Å²) in [5.74, 6) is 0. The van der Waals surface area contributed by atoms with Crippen LogP contribution < -0.4 is 0 Å². The van der Waals surface area contributed by atoms with Gasteiger partial charge in [0.2, 0.25) is 0 Å². The molecule has 1 aliphatic carbocycles. The maximum Gasteiger partial charge on any atom is 0.416 e. The van der Waals surface area contributed by atoms with E-state index in [1.54, 1.807) is 23.9 Å². The van der Waals surface area contributed by atoms with Gasteiger partial charge in [0.15, 0.2) is 0 Å². The molecule has 208 valence electrons. The number of halogens is 6. The zero-order valence-corrected chi connectivity index (χ0v) is 23.3. The summed E-state index contributed by atoms with van der Waals surface area (Å²) in [5.41, 5.74) is -0.752. The second-order valence-electron chi connectivity index (χ2n) is 9.14. The molecule has 0 atom stereocenters. The average Bonchev–Trinajstić information content (AvgIpc) is 2.89. The summed E-state index contributed by atoms with van der Waals surface area (Å²) in [6.45, 7) is 0. The number of thioether (sulfide) groups is 3. The Balaban J connectivity index is 1.65. The van der Waals surface area contributed by atoms with Crippen molar-refractivity contribution in [3.63, 3.8) is 0 Å². The summed E-state index contributed by atoms with van der Waals surface area (Å²) in [6, 6.07) is 19.5. The van der Waals surface area contributed by atoms with Gasteiger partial charge in [-0.3, -0.25) is 0 Å². The van der Waals surface area contributed by atoms with Gasteiger partial charge in [-0.15, -0.1) is 35.3 Å². The monoisotopic (exact) mass is 599 g/mol. The molecule has 4 rings (SSSR count). The molecule has 1 nitrogen and oxygen atoms in total. The van der Waals surface area contributed by atoms with Gasteiger partial charge in [0.1, 0.15) is 0 Å². The molecule has 0 amide bonds. The van der Waals surface area contributed by atoms with Crippen LogP contribution in [0.15, 0.2) is 93.6 Å². The van der Waals surface area contributed by atoms with E-state index in [0.717, 1.165) is 60.7 Å². The summed E-state index contributed by atoms with van der Waals surface area (Å²) in [7, 11) is 0. The molecule has 3 aromatic carbocycles. The Labute approximate surface area is 237 Å². The Hall–Kier alpha value is -2.04. The lowest BCUT2D eigenvalue weighted by molar-refractivity contribution is -0.138. The number of para-hydroxylation sites is 1. The Morgan fingerprint density at radius 1 is 0.718 bits per heavy atom. The highest BCUT2D eigenvalue weighted by atomic mass is 32.2. The van der Waals surface area contributed by atoms with E-state index in [4.69, 9.17) is 4.99 Å². The van der Waals surface area contributed by atoms with Crippen molar-refractivity contribution in [1.29, 1.82) is 0 Å². The van der Waals surface area contributed by atoms with E-state index in [1.807, 2.05) is 30.3 Å². The molecule has 0 heterocycles. The van der Waals surface area contributed by atoms with Gasteiger partial charge in [0.05, 0.1) is 26.4 Å². The number of alkyl halides is 6. The molecule has 3 aromatic rings. The Morgan fingerprint density at radius 2 is 1.26 bits per heavy atom. The van der Waals surface area contributed by atoms with Crippen LogP contribution in [0.5, 0.6) is 0 Å². The molecule has 0 N–H and O–H groups in total. The number of hydrogen-bond acceptors (Lipinski definition) is 4. The third-order valence-electron chi connectivity index (χ3n) is 6.06. The van der Waals surface area contributed by atoms with Crippen LogP contribution in [0.25, 0.3) is 0 Å². The Morgan fingerprint density at radius 3 is 1.77 bits per heavy atom.